The maximum absolute atomic E-state index is 6.07. The molecule has 2 nitrogen and oxygen atoms in total. The van der Waals surface area contributed by atoms with Gasteiger partial charge in [0.15, 0.2) is 0 Å². The summed E-state index contributed by atoms with van der Waals surface area (Å²) in [6.45, 7) is 3.07. The smallest absolute Gasteiger partial charge is 0.0292 e. The summed E-state index contributed by atoms with van der Waals surface area (Å²) >= 11 is 0. The Bertz CT molecular complexity index is 544. The van der Waals surface area contributed by atoms with Crippen molar-refractivity contribution in [1.29, 1.82) is 0 Å². The molecule has 0 amide bonds. The Labute approximate surface area is 122 Å². The van der Waals surface area contributed by atoms with Crippen LogP contribution in [0.4, 0.5) is 0 Å². The molecule has 0 bridgehead atoms. The Morgan fingerprint density at radius 1 is 1.00 bits per heavy atom. The third-order valence-corrected chi connectivity index (χ3v) is 3.59. The van der Waals surface area contributed by atoms with E-state index in [-0.39, 0.29) is 6.04 Å². The molecule has 0 aliphatic heterocycles. The molecular weight excluding hydrogens is 244 g/mol. The van der Waals surface area contributed by atoms with E-state index in [0.29, 0.717) is 0 Å². The standard InChI is InChI=1S/C18H24N2/c1-4-18(19)15-11-9-14(10-12-15)17-8-6-5-7-16(17)13-20(2)3/h5-12,18H,4,13,19H2,1-3H3. The van der Waals surface area contributed by atoms with Crippen molar-refractivity contribution in [3.8, 4) is 11.1 Å². The van der Waals surface area contributed by atoms with Gasteiger partial charge in [0.1, 0.15) is 0 Å². The van der Waals surface area contributed by atoms with E-state index in [0.717, 1.165) is 13.0 Å². The van der Waals surface area contributed by atoms with E-state index in [1.165, 1.54) is 22.3 Å². The van der Waals surface area contributed by atoms with Crippen LogP contribution < -0.4 is 5.73 Å². The molecule has 2 aromatic carbocycles. The predicted molar refractivity (Wildman–Crippen MR) is 86.5 cm³/mol. The van der Waals surface area contributed by atoms with Gasteiger partial charge in [-0.3, -0.25) is 0 Å². The second-order valence-corrected chi connectivity index (χ2v) is 5.53. The van der Waals surface area contributed by atoms with Crippen molar-refractivity contribution in [2.45, 2.75) is 25.9 Å². The van der Waals surface area contributed by atoms with Crippen molar-refractivity contribution in [1.82, 2.24) is 4.90 Å². The average Bonchev–Trinajstić information content (AvgIpc) is 2.46. The summed E-state index contributed by atoms with van der Waals surface area (Å²) in [6, 6.07) is 17.4. The molecule has 2 heteroatoms. The highest BCUT2D eigenvalue weighted by atomic mass is 15.0. The number of hydrogen-bond donors (Lipinski definition) is 1. The molecule has 0 aliphatic rings. The fourth-order valence-electron chi connectivity index (χ4n) is 2.43. The molecule has 0 spiro atoms. The van der Waals surface area contributed by atoms with Gasteiger partial charge in [0.25, 0.3) is 0 Å². The number of benzene rings is 2. The van der Waals surface area contributed by atoms with E-state index >= 15 is 0 Å². The Morgan fingerprint density at radius 2 is 1.65 bits per heavy atom. The fraction of sp³-hybridized carbons (Fsp3) is 0.333. The highest BCUT2D eigenvalue weighted by Gasteiger charge is 2.07. The van der Waals surface area contributed by atoms with Crippen molar-refractivity contribution in [3.05, 3.63) is 59.7 Å². The van der Waals surface area contributed by atoms with E-state index in [4.69, 9.17) is 5.73 Å². The summed E-state index contributed by atoms with van der Waals surface area (Å²) in [5, 5.41) is 0. The molecule has 0 heterocycles. The molecule has 20 heavy (non-hydrogen) atoms. The topological polar surface area (TPSA) is 29.3 Å². The van der Waals surface area contributed by atoms with Crippen molar-refractivity contribution in [2.24, 2.45) is 5.73 Å². The van der Waals surface area contributed by atoms with Gasteiger partial charge >= 0.3 is 0 Å². The molecule has 0 aliphatic carbocycles. The van der Waals surface area contributed by atoms with Gasteiger partial charge in [0.05, 0.1) is 0 Å². The normalized spacial score (nSPS) is 12.7. The Kier molecular flexibility index (Phi) is 4.94. The predicted octanol–water partition coefficient (Wildman–Crippen LogP) is 3.83. The van der Waals surface area contributed by atoms with Gasteiger partial charge < -0.3 is 10.6 Å². The number of nitrogens with zero attached hydrogens (tertiary/aromatic N) is 1. The van der Waals surface area contributed by atoms with Gasteiger partial charge in [0, 0.05) is 12.6 Å². The van der Waals surface area contributed by atoms with Crippen LogP contribution in [0.15, 0.2) is 48.5 Å². The van der Waals surface area contributed by atoms with Crippen molar-refractivity contribution in [2.75, 3.05) is 14.1 Å². The van der Waals surface area contributed by atoms with E-state index in [9.17, 15) is 0 Å². The third kappa shape index (κ3) is 3.47. The minimum absolute atomic E-state index is 0.140. The van der Waals surface area contributed by atoms with Crippen LogP contribution in [-0.2, 0) is 6.54 Å². The largest absolute Gasteiger partial charge is 0.324 e. The lowest BCUT2D eigenvalue weighted by molar-refractivity contribution is 0.403. The second-order valence-electron chi connectivity index (χ2n) is 5.53. The molecule has 106 valence electrons. The summed E-state index contributed by atoms with van der Waals surface area (Å²) in [6.07, 6.45) is 0.969. The van der Waals surface area contributed by atoms with E-state index in [1.54, 1.807) is 0 Å². The molecule has 0 radical (unpaired) electrons. The summed E-state index contributed by atoms with van der Waals surface area (Å²) in [7, 11) is 4.19. The molecule has 1 unspecified atom stereocenters. The molecule has 0 fully saturated rings. The van der Waals surface area contributed by atoms with E-state index in [1.807, 2.05) is 0 Å². The van der Waals surface area contributed by atoms with Crippen LogP contribution >= 0.6 is 0 Å². The molecule has 0 saturated heterocycles. The van der Waals surface area contributed by atoms with E-state index < -0.39 is 0 Å². The number of nitrogens with two attached hydrogens (primary N) is 1. The molecule has 0 saturated carbocycles. The van der Waals surface area contributed by atoms with Crippen LogP contribution in [0.25, 0.3) is 11.1 Å². The summed E-state index contributed by atoms with van der Waals surface area (Å²) < 4.78 is 0. The van der Waals surface area contributed by atoms with Gasteiger partial charge in [-0.1, -0.05) is 55.5 Å². The molecule has 1 atom stereocenters. The second kappa shape index (κ2) is 6.69. The van der Waals surface area contributed by atoms with Crippen LogP contribution in [0, 0.1) is 0 Å². The van der Waals surface area contributed by atoms with Crippen LogP contribution in [0.1, 0.15) is 30.5 Å². The number of hydrogen-bond acceptors (Lipinski definition) is 2. The zero-order valence-electron chi connectivity index (χ0n) is 12.6. The first-order valence-corrected chi connectivity index (χ1v) is 7.20. The molecule has 0 aromatic heterocycles. The molecule has 2 rings (SSSR count). The Hall–Kier alpha value is -1.64. The minimum Gasteiger partial charge on any atom is -0.324 e. The van der Waals surface area contributed by atoms with Crippen molar-refractivity contribution in [3.63, 3.8) is 0 Å². The third-order valence-electron chi connectivity index (χ3n) is 3.59. The van der Waals surface area contributed by atoms with Crippen LogP contribution in [-0.4, -0.2) is 19.0 Å². The maximum Gasteiger partial charge on any atom is 0.0292 e. The van der Waals surface area contributed by atoms with Crippen LogP contribution in [0.3, 0.4) is 0 Å². The van der Waals surface area contributed by atoms with Crippen LogP contribution in [0.5, 0.6) is 0 Å². The Balaban J connectivity index is 2.32. The summed E-state index contributed by atoms with van der Waals surface area (Å²) in [5.74, 6) is 0. The van der Waals surface area contributed by atoms with Gasteiger partial charge in [0.2, 0.25) is 0 Å². The zero-order valence-corrected chi connectivity index (χ0v) is 12.6. The lowest BCUT2D eigenvalue weighted by Crippen LogP contribution is -2.11. The van der Waals surface area contributed by atoms with Crippen LogP contribution in [0.2, 0.25) is 0 Å². The minimum atomic E-state index is 0.140. The Morgan fingerprint density at radius 3 is 2.25 bits per heavy atom. The highest BCUT2D eigenvalue weighted by molar-refractivity contribution is 5.67. The first-order chi connectivity index (χ1) is 9.61. The summed E-state index contributed by atoms with van der Waals surface area (Å²) in [4.78, 5) is 2.19. The quantitative estimate of drug-likeness (QED) is 0.893. The number of rotatable bonds is 5. The van der Waals surface area contributed by atoms with Crippen molar-refractivity contribution < 1.29 is 0 Å². The van der Waals surface area contributed by atoms with Gasteiger partial charge in [-0.2, -0.15) is 0 Å². The maximum atomic E-state index is 6.07. The first-order valence-electron chi connectivity index (χ1n) is 7.20. The molecule has 2 aromatic rings. The van der Waals surface area contributed by atoms with E-state index in [2.05, 4.69) is 74.4 Å². The average molecular weight is 268 g/mol. The highest BCUT2D eigenvalue weighted by Crippen LogP contribution is 2.26. The fourth-order valence-corrected chi connectivity index (χ4v) is 2.43. The van der Waals surface area contributed by atoms with Gasteiger partial charge in [-0.25, -0.2) is 0 Å². The first kappa shape index (κ1) is 14.8. The SMILES string of the molecule is CCC(N)c1ccc(-c2ccccc2CN(C)C)cc1. The zero-order chi connectivity index (χ0) is 14.5. The van der Waals surface area contributed by atoms with Gasteiger partial charge in [-0.05, 0) is 42.8 Å². The lowest BCUT2D eigenvalue weighted by atomic mass is 9.96. The molecular formula is C18H24N2. The van der Waals surface area contributed by atoms with Crippen molar-refractivity contribution >= 4 is 0 Å². The lowest BCUT2D eigenvalue weighted by Gasteiger charge is -2.15. The summed E-state index contributed by atoms with van der Waals surface area (Å²) in [5.41, 5.74) is 11.2. The molecule has 2 N–H and O–H groups in total. The van der Waals surface area contributed by atoms with Gasteiger partial charge in [-0.15, -0.1) is 0 Å². The monoisotopic (exact) mass is 268 g/mol.